The van der Waals surface area contributed by atoms with Crippen LogP contribution in [0.1, 0.15) is 25.3 Å². The fourth-order valence-corrected chi connectivity index (χ4v) is 2.30. The number of hydrogen-bond donors (Lipinski definition) is 3. The first kappa shape index (κ1) is 15.0. The van der Waals surface area contributed by atoms with Gasteiger partial charge in [-0.2, -0.15) is 0 Å². The molecule has 1 aromatic rings. The Labute approximate surface area is 125 Å². The van der Waals surface area contributed by atoms with Crippen molar-refractivity contribution < 1.29 is 19.8 Å². The summed E-state index contributed by atoms with van der Waals surface area (Å²) in [4.78, 5) is 23.1. The van der Waals surface area contributed by atoms with E-state index in [4.69, 9.17) is 5.11 Å². The number of benzene rings is 1. The highest BCUT2D eigenvalue weighted by Crippen LogP contribution is 2.48. The summed E-state index contributed by atoms with van der Waals surface area (Å²) >= 11 is 3.34. The van der Waals surface area contributed by atoms with Crippen LogP contribution >= 0.6 is 15.9 Å². The Morgan fingerprint density at radius 1 is 1.35 bits per heavy atom. The number of nitrogens with one attached hydrogen (secondary N) is 1. The zero-order chi connectivity index (χ0) is 15.0. The molecule has 2 rings (SSSR count). The molecule has 1 aromatic carbocycles. The molecule has 0 saturated heterocycles. The van der Waals surface area contributed by atoms with Gasteiger partial charge in [0.15, 0.2) is 5.60 Å². The van der Waals surface area contributed by atoms with Gasteiger partial charge in [0.2, 0.25) is 5.91 Å². The van der Waals surface area contributed by atoms with Gasteiger partial charge in [-0.15, -0.1) is 0 Å². The minimum absolute atomic E-state index is 0.235. The lowest BCUT2D eigenvalue weighted by atomic mass is 9.94. The summed E-state index contributed by atoms with van der Waals surface area (Å²) in [6.07, 6.45) is 1.46. The Hall–Kier alpha value is -1.40. The lowest BCUT2D eigenvalue weighted by molar-refractivity contribution is -0.156. The van der Waals surface area contributed by atoms with Crippen LogP contribution in [0.3, 0.4) is 0 Å². The fraction of sp³-hybridized carbons (Fsp3) is 0.429. The predicted octanol–water partition coefficient (Wildman–Crippen LogP) is 1.43. The number of aliphatic carboxylic acids is 1. The number of halogens is 1. The average molecular weight is 342 g/mol. The molecule has 0 radical (unpaired) electrons. The van der Waals surface area contributed by atoms with Gasteiger partial charge >= 0.3 is 5.97 Å². The van der Waals surface area contributed by atoms with Crippen LogP contribution in [0.15, 0.2) is 28.7 Å². The number of carboxylic acid groups (broad SMARTS) is 1. The Bertz CT molecular complexity index is 535. The van der Waals surface area contributed by atoms with Crippen LogP contribution < -0.4 is 5.32 Å². The minimum Gasteiger partial charge on any atom is -0.479 e. The zero-order valence-electron chi connectivity index (χ0n) is 11.0. The van der Waals surface area contributed by atoms with Crippen LogP contribution in [0.5, 0.6) is 0 Å². The van der Waals surface area contributed by atoms with Crippen molar-refractivity contribution in [2.45, 2.75) is 30.8 Å². The monoisotopic (exact) mass is 341 g/mol. The zero-order valence-corrected chi connectivity index (χ0v) is 12.6. The van der Waals surface area contributed by atoms with E-state index >= 15 is 0 Å². The molecule has 0 aliphatic heterocycles. The van der Waals surface area contributed by atoms with Crippen LogP contribution in [0, 0.1) is 0 Å². The van der Waals surface area contributed by atoms with Crippen molar-refractivity contribution >= 4 is 27.8 Å². The Kier molecular flexibility index (Phi) is 3.88. The van der Waals surface area contributed by atoms with Gasteiger partial charge in [-0.05, 0) is 37.5 Å². The number of hydrogen-bond acceptors (Lipinski definition) is 3. The molecule has 1 aliphatic carbocycles. The highest BCUT2D eigenvalue weighted by Gasteiger charge is 2.51. The maximum atomic E-state index is 12.3. The Balaban J connectivity index is 2.06. The molecule has 108 valence electrons. The second kappa shape index (κ2) is 5.18. The smallest absolute Gasteiger partial charge is 0.337 e. The molecule has 0 aromatic heterocycles. The van der Waals surface area contributed by atoms with Crippen molar-refractivity contribution in [2.75, 3.05) is 6.54 Å². The number of rotatable bonds is 5. The quantitative estimate of drug-likeness (QED) is 0.756. The fourth-order valence-electron chi connectivity index (χ4n) is 2.04. The van der Waals surface area contributed by atoms with Gasteiger partial charge < -0.3 is 15.5 Å². The van der Waals surface area contributed by atoms with E-state index in [0.29, 0.717) is 0 Å². The maximum Gasteiger partial charge on any atom is 0.337 e. The number of amides is 1. The first-order chi connectivity index (χ1) is 9.28. The predicted molar refractivity (Wildman–Crippen MR) is 76.3 cm³/mol. The van der Waals surface area contributed by atoms with Gasteiger partial charge in [0.1, 0.15) is 0 Å². The van der Waals surface area contributed by atoms with Crippen LogP contribution in [0.4, 0.5) is 0 Å². The number of carbonyl (C=O) groups is 2. The SMILES string of the molecule is CC(O)(CNC(=O)C1(c2ccc(Br)cc2)CC1)C(=O)O. The first-order valence-electron chi connectivity index (χ1n) is 6.28. The van der Waals surface area contributed by atoms with E-state index in [0.717, 1.165) is 29.8 Å². The second-order valence-corrected chi connectivity index (χ2v) is 6.27. The molecule has 0 heterocycles. The topological polar surface area (TPSA) is 86.6 Å². The molecular weight excluding hydrogens is 326 g/mol. The second-order valence-electron chi connectivity index (χ2n) is 5.35. The van der Waals surface area contributed by atoms with E-state index in [1.807, 2.05) is 24.3 Å². The van der Waals surface area contributed by atoms with Crippen LogP contribution in [-0.4, -0.2) is 34.2 Å². The third-order valence-electron chi connectivity index (χ3n) is 3.64. The highest BCUT2D eigenvalue weighted by molar-refractivity contribution is 9.10. The Morgan fingerprint density at radius 3 is 2.35 bits per heavy atom. The largest absolute Gasteiger partial charge is 0.479 e. The minimum atomic E-state index is -1.95. The molecule has 0 bridgehead atoms. The van der Waals surface area contributed by atoms with Gasteiger partial charge in [0.25, 0.3) is 0 Å². The number of carbonyl (C=O) groups excluding carboxylic acids is 1. The number of carboxylic acids is 1. The van der Waals surface area contributed by atoms with E-state index in [-0.39, 0.29) is 12.5 Å². The average Bonchev–Trinajstić information content (AvgIpc) is 3.18. The lowest BCUT2D eigenvalue weighted by Gasteiger charge is -2.21. The molecule has 20 heavy (non-hydrogen) atoms. The first-order valence-corrected chi connectivity index (χ1v) is 7.07. The third kappa shape index (κ3) is 2.86. The lowest BCUT2D eigenvalue weighted by Crippen LogP contribution is -2.48. The standard InChI is InChI=1S/C14H16BrNO4/c1-13(20,12(18)19)8-16-11(17)14(6-7-14)9-2-4-10(15)5-3-9/h2-5,20H,6-8H2,1H3,(H,16,17)(H,18,19). The molecule has 1 unspecified atom stereocenters. The van der Waals surface area contributed by atoms with E-state index in [1.54, 1.807) is 0 Å². The maximum absolute atomic E-state index is 12.3. The van der Waals surface area contributed by atoms with E-state index in [2.05, 4.69) is 21.2 Å². The van der Waals surface area contributed by atoms with Gasteiger partial charge in [-0.3, -0.25) is 4.79 Å². The molecule has 3 N–H and O–H groups in total. The van der Waals surface area contributed by atoms with E-state index < -0.39 is 17.0 Å². The Morgan fingerprint density at radius 2 is 1.90 bits per heavy atom. The molecule has 1 saturated carbocycles. The van der Waals surface area contributed by atoms with Crippen molar-refractivity contribution in [2.24, 2.45) is 0 Å². The normalized spacial score (nSPS) is 18.9. The summed E-state index contributed by atoms with van der Waals surface area (Å²) in [5.41, 5.74) is -1.62. The summed E-state index contributed by atoms with van der Waals surface area (Å²) in [7, 11) is 0. The van der Waals surface area contributed by atoms with Crippen LogP contribution in [0.25, 0.3) is 0 Å². The molecule has 1 fully saturated rings. The molecule has 1 amide bonds. The van der Waals surface area contributed by atoms with E-state index in [1.165, 1.54) is 0 Å². The molecule has 5 nitrogen and oxygen atoms in total. The molecule has 1 atom stereocenters. The molecule has 6 heteroatoms. The highest BCUT2D eigenvalue weighted by atomic mass is 79.9. The van der Waals surface area contributed by atoms with Crippen molar-refractivity contribution in [1.29, 1.82) is 0 Å². The summed E-state index contributed by atoms with van der Waals surface area (Å²) in [6.45, 7) is 0.855. The molecule has 0 spiro atoms. The van der Waals surface area contributed by atoms with Gasteiger partial charge in [0, 0.05) is 4.47 Å². The van der Waals surface area contributed by atoms with Crippen LogP contribution in [0.2, 0.25) is 0 Å². The summed E-state index contributed by atoms with van der Waals surface area (Å²) in [6, 6.07) is 7.50. The molecule has 1 aliphatic rings. The van der Waals surface area contributed by atoms with Gasteiger partial charge in [0.05, 0.1) is 12.0 Å². The summed E-state index contributed by atoms with van der Waals surface area (Å²) in [5, 5.41) is 21.0. The third-order valence-corrected chi connectivity index (χ3v) is 4.16. The van der Waals surface area contributed by atoms with E-state index in [9.17, 15) is 14.7 Å². The van der Waals surface area contributed by atoms with Gasteiger partial charge in [-0.25, -0.2) is 4.79 Å². The summed E-state index contributed by atoms with van der Waals surface area (Å²) < 4.78 is 0.936. The summed E-state index contributed by atoms with van der Waals surface area (Å²) in [5.74, 6) is -1.59. The van der Waals surface area contributed by atoms with Crippen molar-refractivity contribution in [3.63, 3.8) is 0 Å². The van der Waals surface area contributed by atoms with Crippen molar-refractivity contribution in [3.8, 4) is 0 Å². The van der Waals surface area contributed by atoms with Crippen molar-refractivity contribution in [3.05, 3.63) is 34.3 Å². The molecular formula is C14H16BrNO4. The van der Waals surface area contributed by atoms with Crippen molar-refractivity contribution in [1.82, 2.24) is 5.32 Å². The van der Waals surface area contributed by atoms with Gasteiger partial charge in [-0.1, -0.05) is 28.1 Å². The van der Waals surface area contributed by atoms with Crippen LogP contribution in [-0.2, 0) is 15.0 Å². The number of aliphatic hydroxyl groups is 1.